The SMILES string of the molecule is Cc1ccc(Nc2ncnc(NNC(=O)c3ccccc3Cl)c2N)cc1C. The maximum absolute atomic E-state index is 12.2. The Morgan fingerprint density at radius 3 is 2.52 bits per heavy atom. The lowest BCUT2D eigenvalue weighted by atomic mass is 10.1. The van der Waals surface area contributed by atoms with Crippen molar-refractivity contribution in [2.75, 3.05) is 16.5 Å². The zero-order chi connectivity index (χ0) is 19.4. The molecule has 0 atom stereocenters. The second-order valence-corrected chi connectivity index (χ2v) is 6.37. The lowest BCUT2D eigenvalue weighted by molar-refractivity contribution is 0.0962. The van der Waals surface area contributed by atoms with E-state index in [9.17, 15) is 4.79 Å². The first-order valence-corrected chi connectivity index (χ1v) is 8.59. The van der Waals surface area contributed by atoms with E-state index in [-0.39, 0.29) is 11.5 Å². The molecule has 1 aromatic heterocycles. The Labute approximate surface area is 162 Å². The minimum Gasteiger partial charge on any atom is -0.393 e. The Morgan fingerprint density at radius 1 is 1.04 bits per heavy atom. The number of halogens is 1. The van der Waals surface area contributed by atoms with Crippen LogP contribution in [0.2, 0.25) is 5.02 Å². The number of hydrogen-bond acceptors (Lipinski definition) is 6. The third kappa shape index (κ3) is 4.27. The highest BCUT2D eigenvalue weighted by Gasteiger charge is 2.12. The molecular weight excluding hydrogens is 364 g/mol. The summed E-state index contributed by atoms with van der Waals surface area (Å²) in [5.74, 6) is 0.307. The van der Waals surface area contributed by atoms with E-state index in [4.69, 9.17) is 17.3 Å². The topological polar surface area (TPSA) is 105 Å². The van der Waals surface area contributed by atoms with Crippen LogP contribution in [0.25, 0.3) is 0 Å². The number of benzene rings is 2. The van der Waals surface area contributed by atoms with E-state index in [1.165, 1.54) is 11.9 Å². The van der Waals surface area contributed by atoms with E-state index in [0.29, 0.717) is 16.4 Å². The Morgan fingerprint density at radius 2 is 1.78 bits per heavy atom. The van der Waals surface area contributed by atoms with Gasteiger partial charge in [0.1, 0.15) is 12.0 Å². The first-order chi connectivity index (χ1) is 13.0. The number of nitrogens with one attached hydrogen (secondary N) is 3. The van der Waals surface area contributed by atoms with Crippen LogP contribution in [0.5, 0.6) is 0 Å². The van der Waals surface area contributed by atoms with Crippen LogP contribution in [-0.4, -0.2) is 15.9 Å². The standard InChI is InChI=1S/C19H19ClN6O/c1-11-7-8-13(9-12(11)2)24-17-16(21)18(23-10-22-17)25-26-19(27)14-5-3-4-6-15(14)20/h3-10H,21H2,1-2H3,(H,26,27)(H2,22,23,24,25). The van der Waals surface area contributed by atoms with Crippen molar-refractivity contribution in [2.45, 2.75) is 13.8 Å². The molecule has 0 radical (unpaired) electrons. The number of rotatable bonds is 5. The van der Waals surface area contributed by atoms with Crippen molar-refractivity contribution in [1.29, 1.82) is 0 Å². The van der Waals surface area contributed by atoms with Crippen molar-refractivity contribution in [2.24, 2.45) is 0 Å². The summed E-state index contributed by atoms with van der Waals surface area (Å²) in [6.45, 7) is 4.07. The average molecular weight is 383 g/mol. The molecule has 2 aromatic carbocycles. The monoisotopic (exact) mass is 382 g/mol. The van der Waals surface area contributed by atoms with Gasteiger partial charge >= 0.3 is 0 Å². The van der Waals surface area contributed by atoms with Gasteiger partial charge in [0.2, 0.25) is 0 Å². The molecule has 1 heterocycles. The summed E-state index contributed by atoms with van der Waals surface area (Å²) < 4.78 is 0. The number of hydrazine groups is 1. The molecule has 138 valence electrons. The third-order valence-corrected chi connectivity index (χ3v) is 4.40. The predicted molar refractivity (Wildman–Crippen MR) is 108 cm³/mol. The highest BCUT2D eigenvalue weighted by molar-refractivity contribution is 6.33. The highest BCUT2D eigenvalue weighted by Crippen LogP contribution is 2.26. The molecule has 3 aromatic rings. The van der Waals surface area contributed by atoms with Crippen molar-refractivity contribution >= 4 is 40.5 Å². The molecule has 0 saturated heterocycles. The van der Waals surface area contributed by atoms with Crippen molar-refractivity contribution in [3.8, 4) is 0 Å². The van der Waals surface area contributed by atoms with Crippen LogP contribution in [0.15, 0.2) is 48.8 Å². The maximum atomic E-state index is 12.2. The summed E-state index contributed by atoms with van der Waals surface area (Å²) in [6, 6.07) is 12.7. The fourth-order valence-electron chi connectivity index (χ4n) is 2.38. The van der Waals surface area contributed by atoms with Crippen molar-refractivity contribution in [1.82, 2.24) is 15.4 Å². The normalized spacial score (nSPS) is 10.3. The van der Waals surface area contributed by atoms with Crippen LogP contribution in [0, 0.1) is 13.8 Å². The highest BCUT2D eigenvalue weighted by atomic mass is 35.5. The van der Waals surface area contributed by atoms with E-state index in [2.05, 4.69) is 26.1 Å². The van der Waals surface area contributed by atoms with Crippen LogP contribution >= 0.6 is 11.6 Å². The van der Waals surface area contributed by atoms with Gasteiger partial charge in [-0.3, -0.25) is 15.6 Å². The van der Waals surface area contributed by atoms with Crippen molar-refractivity contribution in [3.05, 3.63) is 70.5 Å². The molecule has 0 fully saturated rings. The molecule has 7 nitrogen and oxygen atoms in total. The first kappa shape index (κ1) is 18.5. The van der Waals surface area contributed by atoms with Gasteiger partial charge in [-0.05, 0) is 49.2 Å². The molecule has 0 aliphatic rings. The third-order valence-electron chi connectivity index (χ3n) is 4.07. The van der Waals surface area contributed by atoms with Crippen LogP contribution in [0.4, 0.5) is 23.0 Å². The summed E-state index contributed by atoms with van der Waals surface area (Å²) in [6.07, 6.45) is 1.35. The van der Waals surface area contributed by atoms with Crippen LogP contribution in [-0.2, 0) is 0 Å². The summed E-state index contributed by atoms with van der Waals surface area (Å²) >= 11 is 6.02. The van der Waals surface area contributed by atoms with E-state index >= 15 is 0 Å². The zero-order valence-electron chi connectivity index (χ0n) is 14.9. The number of anilines is 4. The van der Waals surface area contributed by atoms with E-state index in [1.807, 2.05) is 32.0 Å². The van der Waals surface area contributed by atoms with Gasteiger partial charge in [0.25, 0.3) is 5.91 Å². The second-order valence-electron chi connectivity index (χ2n) is 5.97. The van der Waals surface area contributed by atoms with Gasteiger partial charge in [-0.1, -0.05) is 29.8 Å². The summed E-state index contributed by atoms with van der Waals surface area (Å²) in [5, 5.41) is 3.51. The predicted octanol–water partition coefficient (Wildman–Crippen LogP) is 3.83. The first-order valence-electron chi connectivity index (χ1n) is 8.21. The fourth-order valence-corrected chi connectivity index (χ4v) is 2.60. The van der Waals surface area contributed by atoms with E-state index < -0.39 is 5.91 Å². The smallest absolute Gasteiger partial charge is 0.271 e. The number of amides is 1. The minimum absolute atomic E-state index is 0.273. The molecule has 0 bridgehead atoms. The number of hydrogen-bond donors (Lipinski definition) is 4. The molecule has 0 saturated carbocycles. The van der Waals surface area contributed by atoms with Gasteiger partial charge in [-0.2, -0.15) is 0 Å². The number of aromatic nitrogens is 2. The molecule has 27 heavy (non-hydrogen) atoms. The molecule has 0 aliphatic carbocycles. The summed E-state index contributed by atoms with van der Waals surface area (Å²) in [7, 11) is 0. The average Bonchev–Trinajstić information content (AvgIpc) is 2.65. The molecule has 3 rings (SSSR count). The lowest BCUT2D eigenvalue weighted by Crippen LogP contribution is -2.30. The van der Waals surface area contributed by atoms with Gasteiger partial charge in [0.15, 0.2) is 11.6 Å². The Bertz CT molecular complexity index is 992. The summed E-state index contributed by atoms with van der Waals surface area (Å²) in [4.78, 5) is 20.5. The second kappa shape index (κ2) is 7.92. The number of nitrogen functional groups attached to an aromatic ring is 1. The summed E-state index contributed by atoms with van der Waals surface area (Å²) in [5.41, 5.74) is 15.2. The number of carbonyl (C=O) groups excluding carboxylic acids is 1. The number of aryl methyl sites for hydroxylation is 2. The molecule has 0 unspecified atom stereocenters. The number of nitrogens with zero attached hydrogens (tertiary/aromatic N) is 2. The van der Waals surface area contributed by atoms with Gasteiger partial charge in [0, 0.05) is 5.69 Å². The Balaban J connectivity index is 1.74. The Kier molecular flexibility index (Phi) is 5.42. The molecule has 0 spiro atoms. The molecule has 0 aliphatic heterocycles. The van der Waals surface area contributed by atoms with E-state index in [0.717, 1.165) is 11.3 Å². The van der Waals surface area contributed by atoms with E-state index in [1.54, 1.807) is 24.3 Å². The lowest BCUT2D eigenvalue weighted by Gasteiger charge is -2.14. The quantitative estimate of drug-likeness (QED) is 0.500. The molecule has 1 amide bonds. The van der Waals surface area contributed by atoms with Gasteiger partial charge in [-0.15, -0.1) is 0 Å². The number of carbonyl (C=O) groups is 1. The van der Waals surface area contributed by atoms with Crippen LogP contribution < -0.4 is 21.9 Å². The van der Waals surface area contributed by atoms with Gasteiger partial charge < -0.3 is 11.1 Å². The van der Waals surface area contributed by atoms with Gasteiger partial charge in [0.05, 0.1) is 10.6 Å². The van der Waals surface area contributed by atoms with Crippen molar-refractivity contribution < 1.29 is 4.79 Å². The molecule has 5 N–H and O–H groups in total. The van der Waals surface area contributed by atoms with Crippen LogP contribution in [0.1, 0.15) is 21.5 Å². The Hall–Kier alpha value is -3.32. The zero-order valence-corrected chi connectivity index (χ0v) is 15.6. The maximum Gasteiger partial charge on any atom is 0.271 e. The van der Waals surface area contributed by atoms with Crippen LogP contribution in [0.3, 0.4) is 0 Å². The number of nitrogens with two attached hydrogens (primary N) is 1. The minimum atomic E-state index is -0.401. The molecule has 8 heteroatoms. The molecular formula is C19H19ClN6O. The largest absolute Gasteiger partial charge is 0.393 e. The van der Waals surface area contributed by atoms with Gasteiger partial charge in [-0.25, -0.2) is 9.97 Å². The van der Waals surface area contributed by atoms with Crippen molar-refractivity contribution in [3.63, 3.8) is 0 Å². The fraction of sp³-hybridized carbons (Fsp3) is 0.105.